The van der Waals surface area contributed by atoms with Crippen molar-refractivity contribution in [3.8, 4) is 5.75 Å². The molecule has 0 aliphatic heterocycles. The molecule has 0 radical (unpaired) electrons. The Bertz CT molecular complexity index is 427. The lowest BCUT2D eigenvalue weighted by Crippen LogP contribution is -2.46. The Labute approximate surface area is 113 Å². The molecule has 1 rings (SSSR count). The zero-order valence-electron chi connectivity index (χ0n) is 11.1. The first-order valence-corrected chi connectivity index (χ1v) is 6.08. The SMILES string of the molecule is COc1ccc(CNC(=O)NC(C)(C)C)cc1Cl. The molecule has 0 aromatic heterocycles. The van der Waals surface area contributed by atoms with Gasteiger partial charge in [0.15, 0.2) is 0 Å². The van der Waals surface area contributed by atoms with Gasteiger partial charge in [0.05, 0.1) is 12.1 Å². The summed E-state index contributed by atoms with van der Waals surface area (Å²) >= 11 is 6.00. The number of hydrogen-bond acceptors (Lipinski definition) is 2. The largest absolute Gasteiger partial charge is 0.495 e. The standard InChI is InChI=1S/C13H19ClN2O2/c1-13(2,3)16-12(17)15-8-9-5-6-11(18-4)10(14)7-9/h5-7H,8H2,1-4H3,(H2,15,16,17). The number of halogens is 1. The Morgan fingerprint density at radius 2 is 2.06 bits per heavy atom. The third-order valence-corrected chi connectivity index (χ3v) is 2.45. The van der Waals surface area contributed by atoms with E-state index in [1.165, 1.54) is 0 Å². The van der Waals surface area contributed by atoms with Gasteiger partial charge in [-0.15, -0.1) is 0 Å². The van der Waals surface area contributed by atoms with Crippen molar-refractivity contribution in [2.75, 3.05) is 7.11 Å². The first kappa shape index (κ1) is 14.6. The van der Waals surface area contributed by atoms with Gasteiger partial charge in [0.1, 0.15) is 5.75 Å². The molecule has 0 saturated heterocycles. The topological polar surface area (TPSA) is 50.4 Å². The summed E-state index contributed by atoms with van der Waals surface area (Å²) in [7, 11) is 1.57. The molecule has 0 saturated carbocycles. The van der Waals surface area contributed by atoms with Gasteiger partial charge in [0.2, 0.25) is 0 Å². The summed E-state index contributed by atoms with van der Waals surface area (Å²) in [6.45, 7) is 6.20. The Balaban J connectivity index is 2.54. The van der Waals surface area contributed by atoms with Gasteiger partial charge in [-0.3, -0.25) is 0 Å². The Kier molecular flexibility index (Phi) is 4.84. The molecule has 1 aromatic carbocycles. The summed E-state index contributed by atoms with van der Waals surface area (Å²) in [4.78, 5) is 11.6. The molecule has 0 heterocycles. The van der Waals surface area contributed by atoms with E-state index in [1.54, 1.807) is 19.2 Å². The number of nitrogens with one attached hydrogen (secondary N) is 2. The molecule has 0 aliphatic rings. The fraction of sp³-hybridized carbons (Fsp3) is 0.462. The molecule has 4 nitrogen and oxygen atoms in total. The van der Waals surface area contributed by atoms with Crippen LogP contribution in [0.1, 0.15) is 26.3 Å². The van der Waals surface area contributed by atoms with Gasteiger partial charge in [0.25, 0.3) is 0 Å². The first-order chi connectivity index (χ1) is 8.31. The van der Waals surface area contributed by atoms with E-state index >= 15 is 0 Å². The second-order valence-electron chi connectivity index (χ2n) is 5.03. The van der Waals surface area contributed by atoms with Crippen LogP contribution in [0.5, 0.6) is 5.75 Å². The van der Waals surface area contributed by atoms with Crippen LogP contribution in [-0.2, 0) is 6.54 Å². The molecule has 5 heteroatoms. The molecule has 0 spiro atoms. The van der Waals surface area contributed by atoms with E-state index in [9.17, 15) is 4.79 Å². The fourth-order valence-corrected chi connectivity index (χ4v) is 1.67. The summed E-state index contributed by atoms with van der Waals surface area (Å²) in [5.74, 6) is 0.625. The van der Waals surface area contributed by atoms with E-state index < -0.39 is 0 Å². The van der Waals surface area contributed by atoms with Crippen molar-refractivity contribution >= 4 is 17.6 Å². The van der Waals surface area contributed by atoms with Crippen LogP contribution in [0.25, 0.3) is 0 Å². The number of ether oxygens (including phenoxy) is 1. The number of carbonyl (C=O) groups excluding carboxylic acids is 1. The normalized spacial score (nSPS) is 10.9. The van der Waals surface area contributed by atoms with Gasteiger partial charge in [-0.05, 0) is 38.5 Å². The number of urea groups is 1. The molecule has 18 heavy (non-hydrogen) atoms. The molecule has 1 aromatic rings. The Hall–Kier alpha value is -1.42. The maximum absolute atomic E-state index is 11.6. The zero-order valence-corrected chi connectivity index (χ0v) is 11.9. The van der Waals surface area contributed by atoms with Crippen molar-refractivity contribution < 1.29 is 9.53 Å². The van der Waals surface area contributed by atoms with Crippen molar-refractivity contribution in [1.82, 2.24) is 10.6 Å². The van der Waals surface area contributed by atoms with E-state index in [1.807, 2.05) is 26.8 Å². The van der Waals surface area contributed by atoms with Crippen molar-refractivity contribution in [2.24, 2.45) is 0 Å². The van der Waals surface area contributed by atoms with E-state index in [0.29, 0.717) is 17.3 Å². The van der Waals surface area contributed by atoms with Gasteiger partial charge >= 0.3 is 6.03 Å². The minimum atomic E-state index is -0.248. The van der Waals surface area contributed by atoms with Crippen LogP contribution in [0.2, 0.25) is 5.02 Å². The van der Waals surface area contributed by atoms with Gasteiger partial charge < -0.3 is 15.4 Å². The Morgan fingerprint density at radius 1 is 1.39 bits per heavy atom. The van der Waals surface area contributed by atoms with Crippen LogP contribution in [0.3, 0.4) is 0 Å². The van der Waals surface area contributed by atoms with Crippen molar-refractivity contribution in [2.45, 2.75) is 32.9 Å². The van der Waals surface area contributed by atoms with Gasteiger partial charge in [-0.25, -0.2) is 4.79 Å². The molecule has 2 N–H and O–H groups in total. The maximum atomic E-state index is 11.6. The first-order valence-electron chi connectivity index (χ1n) is 5.70. The molecule has 0 bridgehead atoms. The molecule has 0 fully saturated rings. The van der Waals surface area contributed by atoms with Crippen LogP contribution in [0.4, 0.5) is 4.79 Å². The van der Waals surface area contributed by atoms with Gasteiger partial charge in [-0.2, -0.15) is 0 Å². The lowest BCUT2D eigenvalue weighted by atomic mass is 10.1. The zero-order chi connectivity index (χ0) is 13.8. The minimum absolute atomic E-state index is 0.200. The molecule has 0 atom stereocenters. The number of methoxy groups -OCH3 is 1. The van der Waals surface area contributed by atoms with Gasteiger partial charge in [-0.1, -0.05) is 17.7 Å². The van der Waals surface area contributed by atoms with Crippen LogP contribution < -0.4 is 15.4 Å². The van der Waals surface area contributed by atoms with E-state index in [0.717, 1.165) is 5.56 Å². The van der Waals surface area contributed by atoms with E-state index in [-0.39, 0.29) is 11.6 Å². The Morgan fingerprint density at radius 3 is 2.56 bits per heavy atom. The quantitative estimate of drug-likeness (QED) is 0.887. The van der Waals surface area contributed by atoms with Crippen LogP contribution >= 0.6 is 11.6 Å². The molecule has 100 valence electrons. The van der Waals surface area contributed by atoms with Gasteiger partial charge in [0, 0.05) is 12.1 Å². The highest BCUT2D eigenvalue weighted by atomic mass is 35.5. The van der Waals surface area contributed by atoms with Crippen LogP contribution in [0.15, 0.2) is 18.2 Å². The lowest BCUT2D eigenvalue weighted by molar-refractivity contribution is 0.231. The molecular weight excluding hydrogens is 252 g/mol. The van der Waals surface area contributed by atoms with E-state index in [4.69, 9.17) is 16.3 Å². The fourth-order valence-electron chi connectivity index (χ4n) is 1.39. The number of benzene rings is 1. The number of carbonyl (C=O) groups is 1. The average molecular weight is 271 g/mol. The summed E-state index contributed by atoms with van der Waals surface area (Å²) in [5, 5.41) is 6.12. The highest BCUT2D eigenvalue weighted by Crippen LogP contribution is 2.24. The summed E-state index contributed by atoms with van der Waals surface area (Å²) < 4.78 is 5.06. The maximum Gasteiger partial charge on any atom is 0.315 e. The highest BCUT2D eigenvalue weighted by Gasteiger charge is 2.13. The average Bonchev–Trinajstić information content (AvgIpc) is 2.24. The smallest absolute Gasteiger partial charge is 0.315 e. The van der Waals surface area contributed by atoms with Crippen molar-refractivity contribution in [3.05, 3.63) is 28.8 Å². The van der Waals surface area contributed by atoms with Crippen LogP contribution in [-0.4, -0.2) is 18.7 Å². The molecule has 0 aliphatic carbocycles. The van der Waals surface area contributed by atoms with Crippen molar-refractivity contribution in [1.29, 1.82) is 0 Å². The predicted molar refractivity (Wildman–Crippen MR) is 73.1 cm³/mol. The molecule has 0 unspecified atom stereocenters. The summed E-state index contributed by atoms with van der Waals surface area (Å²) in [6.07, 6.45) is 0. The van der Waals surface area contributed by atoms with E-state index in [2.05, 4.69) is 10.6 Å². The van der Waals surface area contributed by atoms with Crippen LogP contribution in [0, 0.1) is 0 Å². The second-order valence-corrected chi connectivity index (χ2v) is 5.43. The second kappa shape index (κ2) is 5.96. The van der Waals surface area contributed by atoms with Crippen molar-refractivity contribution in [3.63, 3.8) is 0 Å². The monoisotopic (exact) mass is 270 g/mol. The summed E-state index contributed by atoms with van der Waals surface area (Å²) in [5.41, 5.74) is 0.673. The number of rotatable bonds is 3. The molecular formula is C13H19ClN2O2. The molecule has 2 amide bonds. The predicted octanol–water partition coefficient (Wildman–Crippen LogP) is 2.95. The number of hydrogen-bond donors (Lipinski definition) is 2. The third-order valence-electron chi connectivity index (χ3n) is 2.16. The summed E-state index contributed by atoms with van der Waals surface area (Å²) in [6, 6.07) is 5.22. The lowest BCUT2D eigenvalue weighted by Gasteiger charge is -2.20. The highest BCUT2D eigenvalue weighted by molar-refractivity contribution is 6.32. The minimum Gasteiger partial charge on any atom is -0.495 e. The number of amides is 2. The third kappa shape index (κ3) is 4.84.